The summed E-state index contributed by atoms with van der Waals surface area (Å²) in [4.78, 5) is 0. The first-order chi connectivity index (χ1) is 5.66. The predicted octanol–water partition coefficient (Wildman–Crippen LogP) is 2.25. The monoisotopic (exact) mass is 171 g/mol. The molecule has 0 spiro atoms. The van der Waals surface area contributed by atoms with E-state index < -0.39 is 11.6 Å². The summed E-state index contributed by atoms with van der Waals surface area (Å²) in [5.41, 5.74) is 0.359. The minimum Gasteiger partial charge on any atom is -0.313 e. The van der Waals surface area contributed by atoms with Crippen LogP contribution in [-0.2, 0) is 0 Å². The topological polar surface area (TPSA) is 12.0 Å². The Labute approximate surface area is 70.4 Å². The Hall–Kier alpha value is -0.960. The Bertz CT molecular complexity index is 273. The summed E-state index contributed by atoms with van der Waals surface area (Å²) >= 11 is 0. The number of hydrogen-bond acceptors (Lipinski definition) is 1. The summed E-state index contributed by atoms with van der Waals surface area (Å²) in [6, 6.07) is 4.02. The highest BCUT2D eigenvalue weighted by Gasteiger charge is 2.11. The van der Waals surface area contributed by atoms with Gasteiger partial charge in [-0.25, -0.2) is 8.78 Å². The summed E-state index contributed by atoms with van der Waals surface area (Å²) < 4.78 is 25.7. The first-order valence-corrected chi connectivity index (χ1v) is 3.78. The molecule has 66 valence electrons. The molecular weight excluding hydrogens is 160 g/mol. The van der Waals surface area contributed by atoms with E-state index in [0.29, 0.717) is 5.56 Å². The van der Waals surface area contributed by atoms with Crippen molar-refractivity contribution in [3.8, 4) is 0 Å². The largest absolute Gasteiger partial charge is 0.313 e. The van der Waals surface area contributed by atoms with E-state index in [4.69, 9.17) is 0 Å². The molecule has 0 saturated heterocycles. The van der Waals surface area contributed by atoms with Gasteiger partial charge in [-0.2, -0.15) is 0 Å². The van der Waals surface area contributed by atoms with Crippen LogP contribution in [0, 0.1) is 11.6 Å². The van der Waals surface area contributed by atoms with Gasteiger partial charge in [0.05, 0.1) is 0 Å². The molecule has 1 nitrogen and oxygen atoms in total. The van der Waals surface area contributed by atoms with Crippen molar-refractivity contribution in [1.82, 2.24) is 5.32 Å². The molecule has 0 fully saturated rings. The molecule has 12 heavy (non-hydrogen) atoms. The van der Waals surface area contributed by atoms with Crippen molar-refractivity contribution in [3.63, 3.8) is 0 Å². The Morgan fingerprint density at radius 2 is 2.00 bits per heavy atom. The van der Waals surface area contributed by atoms with Crippen LogP contribution >= 0.6 is 0 Å². The van der Waals surface area contributed by atoms with Crippen molar-refractivity contribution in [1.29, 1.82) is 0 Å². The van der Waals surface area contributed by atoms with Crippen molar-refractivity contribution in [3.05, 3.63) is 35.4 Å². The molecule has 0 amide bonds. The molecule has 0 bridgehead atoms. The fourth-order valence-electron chi connectivity index (χ4n) is 1.01. The third-order valence-corrected chi connectivity index (χ3v) is 1.88. The zero-order chi connectivity index (χ0) is 9.14. The molecule has 0 aromatic heterocycles. The number of benzene rings is 1. The van der Waals surface area contributed by atoms with Crippen LogP contribution in [0.2, 0.25) is 0 Å². The van der Waals surface area contributed by atoms with Crippen LogP contribution in [-0.4, -0.2) is 7.05 Å². The molecular formula is C9H11F2N. The SMILES string of the molecule is CN[C@@H](C)c1cccc(F)c1F. The molecule has 0 aliphatic heterocycles. The van der Waals surface area contributed by atoms with E-state index in [1.807, 2.05) is 0 Å². The lowest BCUT2D eigenvalue weighted by Gasteiger charge is -2.11. The van der Waals surface area contributed by atoms with E-state index in [-0.39, 0.29) is 6.04 Å². The van der Waals surface area contributed by atoms with Crippen molar-refractivity contribution >= 4 is 0 Å². The lowest BCUT2D eigenvalue weighted by atomic mass is 10.1. The molecule has 0 heterocycles. The molecule has 0 aliphatic carbocycles. The maximum atomic E-state index is 13.0. The van der Waals surface area contributed by atoms with Gasteiger partial charge in [-0.15, -0.1) is 0 Å². The van der Waals surface area contributed by atoms with Gasteiger partial charge in [-0.1, -0.05) is 12.1 Å². The molecule has 1 atom stereocenters. The van der Waals surface area contributed by atoms with Gasteiger partial charge >= 0.3 is 0 Å². The van der Waals surface area contributed by atoms with Crippen molar-refractivity contribution in [2.45, 2.75) is 13.0 Å². The molecule has 0 unspecified atom stereocenters. The van der Waals surface area contributed by atoms with Crippen LogP contribution in [0.25, 0.3) is 0 Å². The first-order valence-electron chi connectivity index (χ1n) is 3.78. The average Bonchev–Trinajstić information content (AvgIpc) is 2.08. The second kappa shape index (κ2) is 3.63. The van der Waals surface area contributed by atoms with Gasteiger partial charge in [0.25, 0.3) is 0 Å². The Morgan fingerprint density at radius 3 is 2.58 bits per heavy atom. The lowest BCUT2D eigenvalue weighted by molar-refractivity contribution is 0.482. The number of hydrogen-bond donors (Lipinski definition) is 1. The quantitative estimate of drug-likeness (QED) is 0.719. The average molecular weight is 171 g/mol. The summed E-state index contributed by atoms with van der Waals surface area (Å²) in [6.07, 6.45) is 0. The molecule has 3 heteroatoms. The molecule has 0 saturated carbocycles. The number of rotatable bonds is 2. The van der Waals surface area contributed by atoms with Gasteiger partial charge in [0.1, 0.15) is 0 Å². The van der Waals surface area contributed by atoms with Gasteiger partial charge in [-0.3, -0.25) is 0 Å². The smallest absolute Gasteiger partial charge is 0.163 e. The molecule has 1 aromatic carbocycles. The highest BCUT2D eigenvalue weighted by molar-refractivity contribution is 5.21. The summed E-state index contributed by atoms with van der Waals surface area (Å²) in [7, 11) is 1.70. The summed E-state index contributed by atoms with van der Waals surface area (Å²) in [6.45, 7) is 1.78. The van der Waals surface area contributed by atoms with E-state index in [2.05, 4.69) is 5.32 Å². The second-order valence-corrected chi connectivity index (χ2v) is 2.65. The highest BCUT2D eigenvalue weighted by atomic mass is 19.2. The fraction of sp³-hybridized carbons (Fsp3) is 0.333. The van der Waals surface area contributed by atoms with Crippen molar-refractivity contribution in [2.24, 2.45) is 0 Å². The fourth-order valence-corrected chi connectivity index (χ4v) is 1.01. The zero-order valence-corrected chi connectivity index (χ0v) is 7.07. The van der Waals surface area contributed by atoms with E-state index in [9.17, 15) is 8.78 Å². The predicted molar refractivity (Wildman–Crippen MR) is 43.8 cm³/mol. The van der Waals surface area contributed by atoms with Gasteiger partial charge in [0.2, 0.25) is 0 Å². The van der Waals surface area contributed by atoms with Crippen LogP contribution in [0.15, 0.2) is 18.2 Å². The van der Waals surface area contributed by atoms with Gasteiger partial charge in [0, 0.05) is 11.6 Å². The van der Waals surface area contributed by atoms with Crippen molar-refractivity contribution < 1.29 is 8.78 Å². The second-order valence-electron chi connectivity index (χ2n) is 2.65. The summed E-state index contributed by atoms with van der Waals surface area (Å²) in [5, 5.41) is 2.84. The third kappa shape index (κ3) is 1.61. The lowest BCUT2D eigenvalue weighted by Crippen LogP contribution is -2.14. The molecule has 0 radical (unpaired) electrons. The molecule has 0 aliphatic rings. The Kier molecular flexibility index (Phi) is 2.76. The van der Waals surface area contributed by atoms with Crippen LogP contribution in [0.1, 0.15) is 18.5 Å². The van der Waals surface area contributed by atoms with Crippen molar-refractivity contribution in [2.75, 3.05) is 7.05 Å². The minimum absolute atomic E-state index is 0.166. The maximum Gasteiger partial charge on any atom is 0.163 e. The number of halogens is 2. The van der Waals surface area contributed by atoms with E-state index in [0.717, 1.165) is 6.07 Å². The van der Waals surface area contributed by atoms with E-state index >= 15 is 0 Å². The third-order valence-electron chi connectivity index (χ3n) is 1.88. The van der Waals surface area contributed by atoms with Gasteiger partial charge < -0.3 is 5.32 Å². The van der Waals surface area contributed by atoms with Crippen LogP contribution in [0.3, 0.4) is 0 Å². The Morgan fingerprint density at radius 1 is 1.33 bits per heavy atom. The van der Waals surface area contributed by atoms with Gasteiger partial charge in [0.15, 0.2) is 11.6 Å². The summed E-state index contributed by atoms with van der Waals surface area (Å²) in [5.74, 6) is -1.56. The Balaban J connectivity index is 3.07. The molecule has 1 N–H and O–H groups in total. The normalized spacial score (nSPS) is 13.0. The van der Waals surface area contributed by atoms with E-state index in [1.54, 1.807) is 20.0 Å². The minimum atomic E-state index is -0.797. The maximum absolute atomic E-state index is 13.0. The van der Waals surface area contributed by atoms with Crippen LogP contribution in [0.5, 0.6) is 0 Å². The first kappa shape index (κ1) is 9.13. The van der Waals surface area contributed by atoms with Gasteiger partial charge in [-0.05, 0) is 20.0 Å². The standard InChI is InChI=1S/C9H11F2N/c1-6(12-2)7-4-3-5-8(10)9(7)11/h3-6,12H,1-2H3/t6-/m0/s1. The zero-order valence-electron chi connectivity index (χ0n) is 7.07. The number of nitrogens with one attached hydrogen (secondary N) is 1. The van der Waals surface area contributed by atoms with Crippen LogP contribution in [0.4, 0.5) is 8.78 Å². The van der Waals surface area contributed by atoms with Crippen LogP contribution < -0.4 is 5.32 Å². The highest BCUT2D eigenvalue weighted by Crippen LogP contribution is 2.17. The van der Waals surface area contributed by atoms with E-state index in [1.165, 1.54) is 6.07 Å². The molecule has 1 rings (SSSR count). The molecule has 1 aromatic rings.